The molecule has 2 heterocycles. The standard InChI is InChI=1S/C20H27N3O2/c1-3-7-16-8-6-12-22(13-11-16)19(24)14-23-15(2)21-18-10-5-4-9-17(18)20(23)25/h4-5,9-10,16H,3,6-8,11-14H2,1-2H3/t16-/m0/s1. The van der Waals surface area contributed by atoms with Crippen molar-refractivity contribution in [2.75, 3.05) is 13.1 Å². The summed E-state index contributed by atoms with van der Waals surface area (Å²) in [6, 6.07) is 7.30. The number of hydrogen-bond acceptors (Lipinski definition) is 3. The van der Waals surface area contributed by atoms with E-state index in [0.29, 0.717) is 16.7 Å². The monoisotopic (exact) mass is 341 g/mol. The molecule has 0 unspecified atom stereocenters. The van der Waals surface area contributed by atoms with E-state index in [-0.39, 0.29) is 18.0 Å². The molecule has 0 radical (unpaired) electrons. The van der Waals surface area contributed by atoms with E-state index in [1.807, 2.05) is 23.1 Å². The lowest BCUT2D eigenvalue weighted by atomic mass is 9.96. The van der Waals surface area contributed by atoms with Gasteiger partial charge in [0.25, 0.3) is 5.56 Å². The Hall–Kier alpha value is -2.17. The number of rotatable bonds is 4. The Morgan fingerprint density at radius 2 is 2.04 bits per heavy atom. The van der Waals surface area contributed by atoms with Gasteiger partial charge in [0, 0.05) is 13.1 Å². The van der Waals surface area contributed by atoms with Gasteiger partial charge in [-0.25, -0.2) is 4.98 Å². The predicted molar refractivity (Wildman–Crippen MR) is 99.6 cm³/mol. The van der Waals surface area contributed by atoms with Gasteiger partial charge >= 0.3 is 0 Å². The van der Waals surface area contributed by atoms with Crippen molar-refractivity contribution in [3.05, 3.63) is 40.4 Å². The van der Waals surface area contributed by atoms with E-state index in [4.69, 9.17) is 0 Å². The Bertz CT molecular complexity index is 812. The Morgan fingerprint density at radius 3 is 2.84 bits per heavy atom. The fourth-order valence-electron chi connectivity index (χ4n) is 3.81. The molecule has 134 valence electrons. The number of carbonyl (C=O) groups is 1. The predicted octanol–water partition coefficient (Wildman–Crippen LogP) is 3.13. The summed E-state index contributed by atoms with van der Waals surface area (Å²) >= 11 is 0. The van der Waals surface area contributed by atoms with Crippen molar-refractivity contribution in [3.8, 4) is 0 Å². The third kappa shape index (κ3) is 3.91. The maximum absolute atomic E-state index is 12.8. The average Bonchev–Trinajstić information content (AvgIpc) is 2.84. The fraction of sp³-hybridized carbons (Fsp3) is 0.550. The van der Waals surface area contributed by atoms with Crippen LogP contribution in [0, 0.1) is 12.8 Å². The number of carbonyl (C=O) groups excluding carboxylic acids is 1. The fourth-order valence-corrected chi connectivity index (χ4v) is 3.81. The lowest BCUT2D eigenvalue weighted by Gasteiger charge is -2.22. The molecule has 1 aromatic heterocycles. The van der Waals surface area contributed by atoms with Crippen LogP contribution in [0.25, 0.3) is 10.9 Å². The number of amides is 1. The van der Waals surface area contributed by atoms with Crippen LogP contribution < -0.4 is 5.56 Å². The van der Waals surface area contributed by atoms with Gasteiger partial charge in [-0.1, -0.05) is 31.9 Å². The summed E-state index contributed by atoms with van der Waals surface area (Å²) in [4.78, 5) is 31.9. The highest BCUT2D eigenvalue weighted by molar-refractivity contribution is 5.79. The van der Waals surface area contributed by atoms with Crippen molar-refractivity contribution in [2.24, 2.45) is 5.92 Å². The van der Waals surface area contributed by atoms with Gasteiger partial charge in [-0.3, -0.25) is 14.2 Å². The number of hydrogen-bond donors (Lipinski definition) is 0. The zero-order chi connectivity index (χ0) is 17.8. The third-order valence-corrected chi connectivity index (χ3v) is 5.24. The van der Waals surface area contributed by atoms with Gasteiger partial charge in [0.1, 0.15) is 12.4 Å². The zero-order valence-corrected chi connectivity index (χ0v) is 15.2. The molecule has 1 atom stereocenters. The SMILES string of the molecule is CCC[C@H]1CCCN(C(=O)Cn2c(C)nc3ccccc3c2=O)CC1. The van der Waals surface area contributed by atoms with Crippen molar-refractivity contribution in [3.63, 3.8) is 0 Å². The minimum atomic E-state index is -0.130. The van der Waals surface area contributed by atoms with Gasteiger partial charge in [-0.15, -0.1) is 0 Å². The van der Waals surface area contributed by atoms with E-state index in [1.165, 1.54) is 23.8 Å². The van der Waals surface area contributed by atoms with E-state index < -0.39 is 0 Å². The summed E-state index contributed by atoms with van der Waals surface area (Å²) in [5.41, 5.74) is 0.556. The number of aryl methyl sites for hydroxylation is 1. The molecular formula is C20H27N3O2. The molecule has 1 saturated heterocycles. The van der Waals surface area contributed by atoms with Gasteiger partial charge < -0.3 is 4.90 Å². The van der Waals surface area contributed by atoms with Crippen molar-refractivity contribution in [2.45, 2.75) is 52.5 Å². The first-order valence-corrected chi connectivity index (χ1v) is 9.34. The second kappa shape index (κ2) is 7.81. The summed E-state index contributed by atoms with van der Waals surface area (Å²) < 4.78 is 1.51. The Kier molecular flexibility index (Phi) is 5.51. The summed E-state index contributed by atoms with van der Waals surface area (Å²) in [5.74, 6) is 1.35. The first-order valence-electron chi connectivity index (χ1n) is 9.34. The number of para-hydroxylation sites is 1. The topological polar surface area (TPSA) is 55.2 Å². The zero-order valence-electron chi connectivity index (χ0n) is 15.2. The molecule has 0 N–H and O–H groups in total. The van der Waals surface area contributed by atoms with E-state index in [1.54, 1.807) is 13.0 Å². The normalized spacial score (nSPS) is 18.3. The molecule has 1 aliphatic heterocycles. The lowest BCUT2D eigenvalue weighted by molar-refractivity contribution is -0.131. The van der Waals surface area contributed by atoms with Gasteiger partial charge in [0.05, 0.1) is 10.9 Å². The van der Waals surface area contributed by atoms with Gasteiger partial charge in [-0.05, 0) is 44.2 Å². The van der Waals surface area contributed by atoms with Crippen LogP contribution in [-0.4, -0.2) is 33.4 Å². The maximum atomic E-state index is 12.8. The molecule has 1 fully saturated rings. The van der Waals surface area contributed by atoms with E-state index >= 15 is 0 Å². The quantitative estimate of drug-likeness (QED) is 0.858. The van der Waals surface area contributed by atoms with Gasteiger partial charge in [-0.2, -0.15) is 0 Å². The molecular weight excluding hydrogens is 314 g/mol. The second-order valence-corrected chi connectivity index (χ2v) is 7.03. The summed E-state index contributed by atoms with van der Waals surface area (Å²) in [6.45, 7) is 5.70. The van der Waals surface area contributed by atoms with Crippen LogP contribution in [0.1, 0.15) is 44.9 Å². The molecule has 0 saturated carbocycles. The van der Waals surface area contributed by atoms with Crippen LogP contribution >= 0.6 is 0 Å². The van der Waals surface area contributed by atoms with E-state index in [9.17, 15) is 9.59 Å². The second-order valence-electron chi connectivity index (χ2n) is 7.03. The van der Waals surface area contributed by atoms with E-state index in [2.05, 4.69) is 11.9 Å². The molecule has 25 heavy (non-hydrogen) atoms. The number of nitrogens with zero attached hydrogens (tertiary/aromatic N) is 3. The van der Waals surface area contributed by atoms with Crippen LogP contribution in [0.4, 0.5) is 0 Å². The Balaban J connectivity index is 1.77. The minimum absolute atomic E-state index is 0.0272. The van der Waals surface area contributed by atoms with Crippen LogP contribution in [0.2, 0.25) is 0 Å². The summed E-state index contributed by atoms with van der Waals surface area (Å²) in [5, 5.41) is 0.569. The number of benzene rings is 1. The number of fused-ring (bicyclic) bond motifs is 1. The molecule has 0 spiro atoms. The molecule has 0 aliphatic carbocycles. The van der Waals surface area contributed by atoms with E-state index in [0.717, 1.165) is 31.8 Å². The molecule has 5 heteroatoms. The van der Waals surface area contributed by atoms with Crippen molar-refractivity contribution in [1.29, 1.82) is 0 Å². The van der Waals surface area contributed by atoms with Crippen LogP contribution in [0.5, 0.6) is 0 Å². The Labute approximate surface area is 148 Å². The first kappa shape index (κ1) is 17.6. The molecule has 1 aliphatic rings. The summed E-state index contributed by atoms with van der Waals surface area (Å²) in [6.07, 6.45) is 5.78. The third-order valence-electron chi connectivity index (χ3n) is 5.24. The minimum Gasteiger partial charge on any atom is -0.341 e. The largest absolute Gasteiger partial charge is 0.341 e. The van der Waals surface area contributed by atoms with Crippen molar-refractivity contribution >= 4 is 16.8 Å². The summed E-state index contributed by atoms with van der Waals surface area (Å²) in [7, 11) is 0. The average molecular weight is 341 g/mol. The smallest absolute Gasteiger partial charge is 0.261 e. The van der Waals surface area contributed by atoms with Gasteiger partial charge in [0.15, 0.2) is 0 Å². The molecule has 1 aromatic carbocycles. The number of aromatic nitrogens is 2. The first-order chi connectivity index (χ1) is 12.1. The molecule has 1 amide bonds. The number of likely N-dealkylation sites (tertiary alicyclic amines) is 1. The highest BCUT2D eigenvalue weighted by atomic mass is 16.2. The maximum Gasteiger partial charge on any atom is 0.261 e. The molecule has 5 nitrogen and oxygen atoms in total. The van der Waals surface area contributed by atoms with Crippen molar-refractivity contribution in [1.82, 2.24) is 14.5 Å². The molecule has 3 rings (SSSR count). The highest BCUT2D eigenvalue weighted by Gasteiger charge is 2.21. The highest BCUT2D eigenvalue weighted by Crippen LogP contribution is 2.22. The van der Waals surface area contributed by atoms with Crippen molar-refractivity contribution < 1.29 is 4.79 Å². The van der Waals surface area contributed by atoms with Gasteiger partial charge in [0.2, 0.25) is 5.91 Å². The molecule has 2 aromatic rings. The molecule has 0 bridgehead atoms. The Morgan fingerprint density at radius 1 is 1.24 bits per heavy atom. The van der Waals surface area contributed by atoms with Crippen LogP contribution in [0.15, 0.2) is 29.1 Å². The van der Waals surface area contributed by atoms with Crippen LogP contribution in [0.3, 0.4) is 0 Å². The van der Waals surface area contributed by atoms with Crippen LogP contribution in [-0.2, 0) is 11.3 Å². The lowest BCUT2D eigenvalue weighted by Crippen LogP contribution is -2.38.